The molecule has 5 nitrogen and oxygen atoms in total. The fourth-order valence-corrected chi connectivity index (χ4v) is 1.66. The van der Waals surface area contributed by atoms with Crippen LogP contribution in [-0.4, -0.2) is 52.6 Å². The lowest BCUT2D eigenvalue weighted by Crippen LogP contribution is -2.48. The minimum Gasteiger partial charge on any atom is -0.481 e. The Morgan fingerprint density at radius 1 is 1.18 bits per heavy atom. The van der Waals surface area contributed by atoms with E-state index in [1.807, 2.05) is 20.8 Å². The number of urea groups is 1. The Balaban J connectivity index is 4.64. The number of carbonyl (C=O) groups is 2. The first kappa shape index (κ1) is 15.7. The fraction of sp³-hybridized carbons (Fsp3) is 0.833. The third-order valence-electron chi connectivity index (χ3n) is 3.14. The van der Waals surface area contributed by atoms with Crippen LogP contribution in [0.3, 0.4) is 0 Å². The Morgan fingerprint density at radius 2 is 1.71 bits per heavy atom. The molecule has 0 aromatic carbocycles. The maximum Gasteiger partial charge on any atom is 0.320 e. The summed E-state index contributed by atoms with van der Waals surface area (Å²) in [6.07, 6.45) is 0.862. The Labute approximate surface area is 103 Å². The zero-order valence-electron chi connectivity index (χ0n) is 11.4. The smallest absolute Gasteiger partial charge is 0.320 e. The van der Waals surface area contributed by atoms with Gasteiger partial charge in [0.2, 0.25) is 0 Å². The highest BCUT2D eigenvalue weighted by Gasteiger charge is 2.25. The summed E-state index contributed by atoms with van der Waals surface area (Å²) in [6.45, 7) is 8.15. The molecule has 0 fully saturated rings. The van der Waals surface area contributed by atoms with Crippen LogP contribution in [0.4, 0.5) is 4.79 Å². The van der Waals surface area contributed by atoms with E-state index < -0.39 is 5.97 Å². The molecule has 2 atom stereocenters. The molecule has 0 rings (SSSR count). The SMILES string of the molecule is CCC(C)N(C)C(=O)N(CC)C(C)CC(=O)O. The maximum absolute atomic E-state index is 12.2. The van der Waals surface area contributed by atoms with Gasteiger partial charge >= 0.3 is 12.0 Å². The largest absolute Gasteiger partial charge is 0.481 e. The van der Waals surface area contributed by atoms with Crippen LogP contribution < -0.4 is 0 Å². The number of hydrogen-bond donors (Lipinski definition) is 1. The van der Waals surface area contributed by atoms with Crippen molar-refractivity contribution < 1.29 is 14.7 Å². The summed E-state index contributed by atoms with van der Waals surface area (Å²) in [6, 6.07) is -0.222. The molecular weight excluding hydrogens is 220 g/mol. The Hall–Kier alpha value is -1.26. The molecule has 0 saturated carbocycles. The molecule has 0 saturated heterocycles. The average molecular weight is 244 g/mol. The zero-order valence-corrected chi connectivity index (χ0v) is 11.4. The van der Waals surface area contributed by atoms with Gasteiger partial charge in [-0.15, -0.1) is 0 Å². The van der Waals surface area contributed by atoms with Crippen LogP contribution in [0.1, 0.15) is 40.5 Å². The molecule has 17 heavy (non-hydrogen) atoms. The third kappa shape index (κ3) is 4.63. The molecule has 1 N–H and O–H groups in total. The van der Waals surface area contributed by atoms with Crippen LogP contribution in [0.15, 0.2) is 0 Å². The summed E-state index contributed by atoms with van der Waals surface area (Å²) < 4.78 is 0. The number of carbonyl (C=O) groups excluding carboxylic acids is 1. The van der Waals surface area contributed by atoms with E-state index in [1.165, 1.54) is 0 Å². The third-order valence-corrected chi connectivity index (χ3v) is 3.14. The molecule has 0 aliphatic rings. The van der Waals surface area contributed by atoms with Gasteiger partial charge in [0, 0.05) is 25.7 Å². The number of nitrogens with zero attached hydrogens (tertiary/aromatic N) is 2. The molecular formula is C12H24N2O3. The average Bonchev–Trinajstić information content (AvgIpc) is 2.26. The van der Waals surface area contributed by atoms with Gasteiger partial charge in [-0.05, 0) is 27.2 Å². The van der Waals surface area contributed by atoms with Crippen LogP contribution in [0.2, 0.25) is 0 Å². The predicted octanol–water partition coefficient (Wildman–Crippen LogP) is 2.02. The molecule has 0 heterocycles. The van der Waals surface area contributed by atoms with Crippen molar-refractivity contribution in [1.29, 1.82) is 0 Å². The highest BCUT2D eigenvalue weighted by molar-refractivity contribution is 5.76. The van der Waals surface area contributed by atoms with Crippen molar-refractivity contribution in [2.24, 2.45) is 0 Å². The summed E-state index contributed by atoms with van der Waals surface area (Å²) in [5, 5.41) is 8.75. The van der Waals surface area contributed by atoms with E-state index in [-0.39, 0.29) is 24.5 Å². The number of hydrogen-bond acceptors (Lipinski definition) is 2. The van der Waals surface area contributed by atoms with E-state index in [9.17, 15) is 9.59 Å². The van der Waals surface area contributed by atoms with E-state index in [1.54, 1.807) is 23.8 Å². The molecule has 0 bridgehead atoms. The van der Waals surface area contributed by atoms with Crippen molar-refractivity contribution in [3.63, 3.8) is 0 Å². The van der Waals surface area contributed by atoms with Crippen molar-refractivity contribution in [3.8, 4) is 0 Å². The van der Waals surface area contributed by atoms with Gasteiger partial charge in [0.15, 0.2) is 0 Å². The van der Waals surface area contributed by atoms with Crippen LogP contribution in [-0.2, 0) is 4.79 Å². The standard InChI is InChI=1S/C12H24N2O3/c1-6-9(3)13(5)12(17)14(7-2)10(4)8-11(15)16/h9-10H,6-8H2,1-5H3,(H,15,16). The summed E-state index contributed by atoms with van der Waals surface area (Å²) in [7, 11) is 1.76. The minimum atomic E-state index is -0.880. The van der Waals surface area contributed by atoms with Gasteiger partial charge in [-0.1, -0.05) is 6.92 Å². The van der Waals surface area contributed by atoms with Crippen LogP contribution in [0.25, 0.3) is 0 Å². The maximum atomic E-state index is 12.2. The first-order chi connectivity index (χ1) is 7.84. The van der Waals surface area contributed by atoms with Gasteiger partial charge in [0.1, 0.15) is 0 Å². The zero-order chi connectivity index (χ0) is 13.6. The fourth-order valence-electron chi connectivity index (χ4n) is 1.66. The van der Waals surface area contributed by atoms with Crippen molar-refractivity contribution in [2.45, 2.75) is 52.6 Å². The predicted molar refractivity (Wildman–Crippen MR) is 67.0 cm³/mol. The summed E-state index contributed by atoms with van der Waals surface area (Å²) >= 11 is 0. The van der Waals surface area contributed by atoms with Gasteiger partial charge in [-0.3, -0.25) is 4.79 Å². The second-order valence-electron chi connectivity index (χ2n) is 4.38. The monoisotopic (exact) mass is 244 g/mol. The second-order valence-corrected chi connectivity index (χ2v) is 4.38. The van der Waals surface area contributed by atoms with Crippen molar-refractivity contribution in [3.05, 3.63) is 0 Å². The summed E-state index contributed by atoms with van der Waals surface area (Å²) in [5.74, 6) is -0.880. The van der Waals surface area contributed by atoms with E-state index in [0.717, 1.165) is 6.42 Å². The molecule has 0 radical (unpaired) electrons. The highest BCUT2D eigenvalue weighted by Crippen LogP contribution is 2.10. The Bertz CT molecular complexity index is 268. The van der Waals surface area contributed by atoms with Crippen LogP contribution >= 0.6 is 0 Å². The van der Waals surface area contributed by atoms with Gasteiger partial charge in [0.05, 0.1) is 6.42 Å². The van der Waals surface area contributed by atoms with Crippen LogP contribution in [0.5, 0.6) is 0 Å². The van der Waals surface area contributed by atoms with E-state index in [4.69, 9.17) is 5.11 Å². The van der Waals surface area contributed by atoms with Crippen molar-refractivity contribution >= 4 is 12.0 Å². The number of carboxylic acid groups (broad SMARTS) is 1. The molecule has 100 valence electrons. The molecule has 0 aliphatic carbocycles. The molecule has 2 amide bonds. The van der Waals surface area contributed by atoms with E-state index in [2.05, 4.69) is 0 Å². The molecule has 0 aromatic heterocycles. The van der Waals surface area contributed by atoms with Crippen molar-refractivity contribution in [2.75, 3.05) is 13.6 Å². The number of carboxylic acids is 1. The molecule has 0 aliphatic heterocycles. The Kier molecular flexibility index (Phi) is 6.61. The minimum absolute atomic E-state index is 0.0199. The summed E-state index contributed by atoms with van der Waals surface area (Å²) in [4.78, 5) is 26.1. The normalized spacial score (nSPS) is 13.9. The van der Waals surface area contributed by atoms with Gasteiger partial charge < -0.3 is 14.9 Å². The second kappa shape index (κ2) is 7.14. The highest BCUT2D eigenvalue weighted by atomic mass is 16.4. The van der Waals surface area contributed by atoms with Gasteiger partial charge in [0.25, 0.3) is 0 Å². The number of amides is 2. The molecule has 2 unspecified atom stereocenters. The lowest BCUT2D eigenvalue weighted by atomic mass is 10.2. The van der Waals surface area contributed by atoms with Gasteiger partial charge in [-0.25, -0.2) is 4.79 Å². The van der Waals surface area contributed by atoms with E-state index >= 15 is 0 Å². The lowest BCUT2D eigenvalue weighted by Gasteiger charge is -2.34. The van der Waals surface area contributed by atoms with Gasteiger partial charge in [-0.2, -0.15) is 0 Å². The molecule has 0 spiro atoms. The quantitative estimate of drug-likeness (QED) is 0.777. The Morgan fingerprint density at radius 3 is 2.06 bits per heavy atom. The topological polar surface area (TPSA) is 60.9 Å². The number of aliphatic carboxylic acids is 1. The first-order valence-electron chi connectivity index (χ1n) is 6.10. The summed E-state index contributed by atoms with van der Waals surface area (Å²) in [5.41, 5.74) is 0. The van der Waals surface area contributed by atoms with Crippen molar-refractivity contribution in [1.82, 2.24) is 9.80 Å². The molecule has 5 heteroatoms. The van der Waals surface area contributed by atoms with E-state index in [0.29, 0.717) is 6.54 Å². The van der Waals surface area contributed by atoms with Crippen LogP contribution in [0, 0.1) is 0 Å². The lowest BCUT2D eigenvalue weighted by molar-refractivity contribution is -0.138. The molecule has 0 aromatic rings. The first-order valence-corrected chi connectivity index (χ1v) is 6.10. The number of rotatable bonds is 6.